The van der Waals surface area contributed by atoms with Gasteiger partial charge in [0.05, 0.1) is 12.0 Å². The highest BCUT2D eigenvalue weighted by atomic mass is 32.2. The van der Waals surface area contributed by atoms with Crippen LogP contribution in [0, 0.1) is 5.82 Å². The van der Waals surface area contributed by atoms with Crippen LogP contribution in [0.15, 0.2) is 47.4 Å². The number of methoxy groups -OCH3 is 1. The molecule has 2 aromatic carbocycles. The fourth-order valence-corrected chi connectivity index (χ4v) is 3.16. The zero-order valence-electron chi connectivity index (χ0n) is 14.2. The van der Waals surface area contributed by atoms with Gasteiger partial charge in [0.25, 0.3) is 11.1 Å². The molecule has 1 heterocycles. The van der Waals surface area contributed by atoms with Crippen molar-refractivity contribution < 1.29 is 23.5 Å². The van der Waals surface area contributed by atoms with E-state index >= 15 is 0 Å². The first kappa shape index (κ1) is 18.0. The molecule has 7 heteroatoms. The molecule has 2 aromatic rings. The zero-order valence-corrected chi connectivity index (χ0v) is 15.0. The maximum absolute atomic E-state index is 12.9. The molecule has 2 amide bonds. The highest BCUT2D eigenvalue weighted by Crippen LogP contribution is 2.34. The second-order valence-corrected chi connectivity index (χ2v) is 6.56. The fourth-order valence-electron chi connectivity index (χ4n) is 2.33. The molecule has 1 fully saturated rings. The molecule has 1 aliphatic heterocycles. The monoisotopic (exact) mass is 373 g/mol. The molecule has 1 saturated heterocycles. The average molecular weight is 373 g/mol. The van der Waals surface area contributed by atoms with Gasteiger partial charge in [0.1, 0.15) is 12.4 Å². The van der Waals surface area contributed by atoms with Gasteiger partial charge in [0.2, 0.25) is 0 Å². The van der Waals surface area contributed by atoms with Crippen LogP contribution in [0.4, 0.5) is 9.18 Å². The third-order valence-electron chi connectivity index (χ3n) is 3.78. The van der Waals surface area contributed by atoms with E-state index in [-0.39, 0.29) is 23.6 Å². The number of imide groups is 1. The minimum Gasteiger partial charge on any atom is -0.493 e. The van der Waals surface area contributed by atoms with Gasteiger partial charge in [-0.1, -0.05) is 18.2 Å². The Morgan fingerprint density at radius 3 is 2.46 bits per heavy atom. The number of hydrogen-bond donors (Lipinski definition) is 0. The third-order valence-corrected chi connectivity index (χ3v) is 4.74. The Kier molecular flexibility index (Phi) is 5.27. The molecule has 0 unspecified atom stereocenters. The Morgan fingerprint density at radius 2 is 1.85 bits per heavy atom. The van der Waals surface area contributed by atoms with Crippen molar-refractivity contribution in [3.63, 3.8) is 0 Å². The number of nitrogens with zero attached hydrogens (tertiary/aromatic N) is 1. The molecule has 0 radical (unpaired) electrons. The van der Waals surface area contributed by atoms with E-state index in [1.807, 2.05) is 0 Å². The van der Waals surface area contributed by atoms with Gasteiger partial charge < -0.3 is 9.47 Å². The summed E-state index contributed by atoms with van der Waals surface area (Å²) in [5.41, 5.74) is 1.55. The SMILES string of the molecule is COc1cc(/C=C2\SC(=O)N(C)C2=O)ccc1OCc1ccc(F)cc1. The number of thioether (sulfide) groups is 1. The molecule has 0 N–H and O–H groups in total. The molecule has 0 aliphatic carbocycles. The standard InChI is InChI=1S/C19H16FNO4S/c1-21-18(22)17(26-19(21)23)10-13-5-8-15(16(9-13)24-2)25-11-12-3-6-14(20)7-4-12/h3-10H,11H2,1-2H3/b17-10-. The van der Waals surface area contributed by atoms with Crippen LogP contribution in [0.3, 0.4) is 0 Å². The smallest absolute Gasteiger partial charge is 0.293 e. The summed E-state index contributed by atoms with van der Waals surface area (Å²) in [5.74, 6) is 0.400. The number of halogens is 1. The molecule has 0 saturated carbocycles. The summed E-state index contributed by atoms with van der Waals surface area (Å²) >= 11 is 0.899. The molecule has 1 aliphatic rings. The summed E-state index contributed by atoms with van der Waals surface area (Å²) in [4.78, 5) is 25.0. The topological polar surface area (TPSA) is 55.8 Å². The van der Waals surface area contributed by atoms with Crippen molar-refractivity contribution in [2.45, 2.75) is 6.61 Å². The van der Waals surface area contributed by atoms with Crippen molar-refractivity contribution in [2.24, 2.45) is 0 Å². The number of carbonyl (C=O) groups is 2. The molecule has 3 rings (SSSR count). The Balaban J connectivity index is 1.76. The zero-order chi connectivity index (χ0) is 18.7. The second kappa shape index (κ2) is 7.61. The van der Waals surface area contributed by atoms with Crippen LogP contribution in [-0.4, -0.2) is 30.2 Å². The number of benzene rings is 2. The molecule has 5 nitrogen and oxygen atoms in total. The highest BCUT2D eigenvalue weighted by molar-refractivity contribution is 8.18. The summed E-state index contributed by atoms with van der Waals surface area (Å²) in [6, 6.07) is 11.3. The molecular formula is C19H16FNO4S. The van der Waals surface area contributed by atoms with Crippen molar-refractivity contribution in [1.29, 1.82) is 0 Å². The van der Waals surface area contributed by atoms with E-state index in [9.17, 15) is 14.0 Å². The lowest BCUT2D eigenvalue weighted by molar-refractivity contribution is -0.121. The Labute approximate surface area is 154 Å². The van der Waals surface area contributed by atoms with Crippen molar-refractivity contribution in [1.82, 2.24) is 4.90 Å². The largest absolute Gasteiger partial charge is 0.493 e. The third kappa shape index (κ3) is 3.88. The van der Waals surface area contributed by atoms with Gasteiger partial charge in [-0.2, -0.15) is 0 Å². The van der Waals surface area contributed by atoms with Crippen LogP contribution in [0.1, 0.15) is 11.1 Å². The molecule has 134 valence electrons. The van der Waals surface area contributed by atoms with Crippen LogP contribution in [-0.2, 0) is 11.4 Å². The van der Waals surface area contributed by atoms with Crippen LogP contribution >= 0.6 is 11.8 Å². The maximum atomic E-state index is 12.9. The highest BCUT2D eigenvalue weighted by Gasteiger charge is 2.31. The minimum atomic E-state index is -0.324. The average Bonchev–Trinajstić information content (AvgIpc) is 2.88. The van der Waals surface area contributed by atoms with Crippen LogP contribution < -0.4 is 9.47 Å². The lowest BCUT2D eigenvalue weighted by atomic mass is 10.2. The summed E-state index contributed by atoms with van der Waals surface area (Å²) in [7, 11) is 2.97. The van der Waals surface area contributed by atoms with Gasteiger partial charge in [0, 0.05) is 7.05 Å². The number of ether oxygens (including phenoxy) is 2. The predicted octanol–water partition coefficient (Wildman–Crippen LogP) is 4.08. The van der Waals surface area contributed by atoms with E-state index in [1.165, 1.54) is 26.3 Å². The van der Waals surface area contributed by atoms with Crippen LogP contribution in [0.25, 0.3) is 6.08 Å². The van der Waals surface area contributed by atoms with Gasteiger partial charge in [-0.3, -0.25) is 14.5 Å². The van der Waals surface area contributed by atoms with E-state index in [2.05, 4.69) is 0 Å². The molecule has 0 bridgehead atoms. The Hall–Kier alpha value is -2.80. The Morgan fingerprint density at radius 1 is 1.12 bits per heavy atom. The predicted molar refractivity (Wildman–Crippen MR) is 97.5 cm³/mol. The number of amides is 2. The number of hydrogen-bond acceptors (Lipinski definition) is 5. The summed E-state index contributed by atoms with van der Waals surface area (Å²) in [6.07, 6.45) is 1.64. The first-order valence-corrected chi connectivity index (χ1v) is 8.56. The van der Waals surface area contributed by atoms with Gasteiger partial charge >= 0.3 is 0 Å². The summed E-state index contributed by atoms with van der Waals surface area (Å²) in [5, 5.41) is -0.299. The summed E-state index contributed by atoms with van der Waals surface area (Å²) in [6.45, 7) is 0.269. The first-order chi connectivity index (χ1) is 12.5. The molecule has 0 aromatic heterocycles. The van der Waals surface area contributed by atoms with Crippen LogP contribution in [0.2, 0.25) is 0 Å². The number of likely N-dealkylation sites (N-methyl/N-ethyl adjacent to an activating group) is 1. The van der Waals surface area contributed by atoms with Gasteiger partial charge in [0.15, 0.2) is 11.5 Å². The molecule has 26 heavy (non-hydrogen) atoms. The Bertz CT molecular complexity index is 880. The maximum Gasteiger partial charge on any atom is 0.293 e. The van der Waals surface area contributed by atoms with Crippen LogP contribution in [0.5, 0.6) is 11.5 Å². The van der Waals surface area contributed by atoms with Crippen molar-refractivity contribution in [2.75, 3.05) is 14.2 Å². The van der Waals surface area contributed by atoms with E-state index in [4.69, 9.17) is 9.47 Å². The number of rotatable bonds is 5. The first-order valence-electron chi connectivity index (χ1n) is 7.75. The van der Waals surface area contributed by atoms with E-state index < -0.39 is 0 Å². The fraction of sp³-hybridized carbons (Fsp3) is 0.158. The second-order valence-electron chi connectivity index (χ2n) is 5.57. The lowest BCUT2D eigenvalue weighted by Gasteiger charge is -2.11. The van der Waals surface area contributed by atoms with Gasteiger partial charge in [-0.05, 0) is 53.2 Å². The van der Waals surface area contributed by atoms with E-state index in [0.717, 1.165) is 27.8 Å². The van der Waals surface area contributed by atoms with E-state index in [1.54, 1.807) is 36.4 Å². The quantitative estimate of drug-likeness (QED) is 0.739. The van der Waals surface area contributed by atoms with Crippen molar-refractivity contribution in [3.8, 4) is 11.5 Å². The van der Waals surface area contributed by atoms with Gasteiger partial charge in [-0.25, -0.2) is 4.39 Å². The molecule has 0 spiro atoms. The number of carbonyl (C=O) groups excluding carboxylic acids is 2. The normalized spacial score (nSPS) is 15.7. The van der Waals surface area contributed by atoms with Crippen molar-refractivity contribution >= 4 is 29.0 Å². The minimum absolute atomic E-state index is 0.269. The lowest BCUT2D eigenvalue weighted by Crippen LogP contribution is -2.22. The molecule has 0 atom stereocenters. The summed E-state index contributed by atoms with van der Waals surface area (Å²) < 4.78 is 24.0. The van der Waals surface area contributed by atoms with E-state index in [0.29, 0.717) is 16.4 Å². The van der Waals surface area contributed by atoms with Gasteiger partial charge in [-0.15, -0.1) is 0 Å². The van der Waals surface area contributed by atoms with Crippen molar-refractivity contribution in [3.05, 3.63) is 64.3 Å². The molecular weight excluding hydrogens is 357 g/mol.